The standard InChI is InChI=1S/C15H25N5S/c1-11-12-13(20(4)18-11)17-14(21-12)16-10-15(19(2)3)8-6-5-7-9-15/h5-10H2,1-4H3,(H,16,17). The molecule has 1 aliphatic rings. The Morgan fingerprint density at radius 3 is 2.62 bits per heavy atom. The van der Waals surface area contributed by atoms with E-state index in [1.54, 1.807) is 11.3 Å². The Balaban J connectivity index is 1.76. The second-order valence-corrected chi connectivity index (χ2v) is 7.41. The Kier molecular flexibility index (Phi) is 3.92. The van der Waals surface area contributed by atoms with Crippen LogP contribution in [0.25, 0.3) is 10.3 Å². The third kappa shape index (κ3) is 2.66. The normalized spacial score (nSPS) is 18.5. The molecule has 1 fully saturated rings. The fraction of sp³-hybridized carbons (Fsp3) is 0.733. The summed E-state index contributed by atoms with van der Waals surface area (Å²) >= 11 is 1.72. The quantitative estimate of drug-likeness (QED) is 0.943. The van der Waals surface area contributed by atoms with Crippen LogP contribution in [0.5, 0.6) is 0 Å². The van der Waals surface area contributed by atoms with Crippen molar-refractivity contribution in [3.8, 4) is 0 Å². The van der Waals surface area contributed by atoms with Crippen molar-refractivity contribution in [1.29, 1.82) is 0 Å². The third-order valence-corrected chi connectivity index (χ3v) is 5.96. The molecule has 2 aromatic rings. The van der Waals surface area contributed by atoms with Gasteiger partial charge >= 0.3 is 0 Å². The first kappa shape index (κ1) is 14.8. The van der Waals surface area contributed by atoms with Crippen molar-refractivity contribution in [3.05, 3.63) is 5.69 Å². The Bertz CT molecular complexity index is 587. The van der Waals surface area contributed by atoms with Crippen LogP contribution in [-0.4, -0.2) is 45.8 Å². The molecule has 1 saturated carbocycles. The topological polar surface area (TPSA) is 46.0 Å². The molecule has 2 heterocycles. The molecule has 2 aromatic heterocycles. The maximum atomic E-state index is 4.70. The fourth-order valence-corrected chi connectivity index (χ4v) is 4.32. The average molecular weight is 307 g/mol. The van der Waals surface area contributed by atoms with Crippen molar-refractivity contribution in [2.45, 2.75) is 44.6 Å². The predicted molar refractivity (Wildman–Crippen MR) is 89.1 cm³/mol. The number of hydrogen-bond acceptors (Lipinski definition) is 5. The molecule has 0 radical (unpaired) electrons. The molecule has 0 atom stereocenters. The maximum Gasteiger partial charge on any atom is 0.185 e. The third-order valence-electron chi connectivity index (χ3n) is 4.85. The van der Waals surface area contributed by atoms with Crippen LogP contribution in [0.3, 0.4) is 0 Å². The van der Waals surface area contributed by atoms with Crippen molar-refractivity contribution < 1.29 is 0 Å². The maximum absolute atomic E-state index is 4.70. The molecule has 1 N–H and O–H groups in total. The lowest BCUT2D eigenvalue weighted by Gasteiger charge is -2.43. The highest BCUT2D eigenvalue weighted by molar-refractivity contribution is 7.22. The molecule has 0 saturated heterocycles. The van der Waals surface area contributed by atoms with Crippen LogP contribution in [0.15, 0.2) is 0 Å². The highest BCUT2D eigenvalue weighted by Gasteiger charge is 2.34. The van der Waals surface area contributed by atoms with Crippen LogP contribution in [0.1, 0.15) is 37.8 Å². The summed E-state index contributed by atoms with van der Waals surface area (Å²) in [7, 11) is 6.38. The monoisotopic (exact) mass is 307 g/mol. The molecule has 21 heavy (non-hydrogen) atoms. The summed E-state index contributed by atoms with van der Waals surface area (Å²) in [4.78, 5) is 7.10. The van der Waals surface area contributed by atoms with Gasteiger partial charge in [0.25, 0.3) is 0 Å². The zero-order valence-corrected chi connectivity index (χ0v) is 14.3. The molecule has 0 spiro atoms. The zero-order valence-electron chi connectivity index (χ0n) is 13.4. The van der Waals surface area contributed by atoms with Crippen LogP contribution < -0.4 is 5.32 Å². The van der Waals surface area contributed by atoms with E-state index in [9.17, 15) is 0 Å². The van der Waals surface area contributed by atoms with Crippen molar-refractivity contribution in [2.75, 3.05) is 26.0 Å². The number of nitrogens with zero attached hydrogens (tertiary/aromatic N) is 4. The van der Waals surface area contributed by atoms with Gasteiger partial charge < -0.3 is 10.2 Å². The van der Waals surface area contributed by atoms with Crippen LogP contribution in [-0.2, 0) is 7.05 Å². The smallest absolute Gasteiger partial charge is 0.185 e. The largest absolute Gasteiger partial charge is 0.360 e. The Hall–Kier alpha value is -1.14. The van der Waals surface area contributed by atoms with E-state index >= 15 is 0 Å². The fourth-order valence-electron chi connectivity index (χ4n) is 3.39. The Labute approximate surface area is 130 Å². The van der Waals surface area contributed by atoms with Crippen LogP contribution in [0.2, 0.25) is 0 Å². The van der Waals surface area contributed by atoms with E-state index < -0.39 is 0 Å². The summed E-state index contributed by atoms with van der Waals surface area (Å²) in [5.41, 5.74) is 2.34. The Morgan fingerprint density at radius 2 is 2.00 bits per heavy atom. The predicted octanol–water partition coefficient (Wildman–Crippen LogP) is 3.01. The van der Waals surface area contributed by atoms with Gasteiger partial charge in [-0.25, -0.2) is 9.67 Å². The van der Waals surface area contributed by atoms with E-state index in [1.165, 1.54) is 36.8 Å². The number of aromatic nitrogens is 3. The van der Waals surface area contributed by atoms with E-state index in [0.29, 0.717) is 0 Å². The number of likely N-dealkylation sites (N-methyl/N-ethyl adjacent to an activating group) is 1. The van der Waals surface area contributed by atoms with E-state index in [2.05, 4.69) is 29.4 Å². The van der Waals surface area contributed by atoms with Crippen molar-refractivity contribution in [3.63, 3.8) is 0 Å². The van der Waals surface area contributed by atoms with Gasteiger partial charge in [-0.3, -0.25) is 0 Å². The first-order chi connectivity index (χ1) is 10.0. The molecule has 0 amide bonds. The van der Waals surface area contributed by atoms with Crippen LogP contribution in [0.4, 0.5) is 5.13 Å². The number of nitrogens with one attached hydrogen (secondary N) is 1. The number of hydrogen-bond donors (Lipinski definition) is 1. The summed E-state index contributed by atoms with van der Waals surface area (Å²) in [6, 6.07) is 0. The van der Waals surface area contributed by atoms with E-state index in [0.717, 1.165) is 23.0 Å². The molecule has 1 aliphatic carbocycles. The van der Waals surface area contributed by atoms with Gasteiger partial charge in [0.05, 0.1) is 10.4 Å². The van der Waals surface area contributed by atoms with Gasteiger partial charge in [-0.2, -0.15) is 5.10 Å². The van der Waals surface area contributed by atoms with E-state index in [-0.39, 0.29) is 5.54 Å². The lowest BCUT2D eigenvalue weighted by molar-refractivity contribution is 0.113. The SMILES string of the molecule is Cc1nn(C)c2nc(NCC3(N(C)C)CCCCC3)sc12. The second kappa shape index (κ2) is 5.57. The van der Waals surface area contributed by atoms with Gasteiger partial charge in [-0.15, -0.1) is 0 Å². The molecule has 0 bridgehead atoms. The first-order valence-electron chi connectivity index (χ1n) is 7.73. The molecule has 116 valence electrons. The molecule has 6 heteroatoms. The van der Waals surface area contributed by atoms with Gasteiger partial charge in [0.2, 0.25) is 0 Å². The van der Waals surface area contributed by atoms with Gasteiger partial charge in [0.15, 0.2) is 10.8 Å². The molecule has 5 nitrogen and oxygen atoms in total. The molecular formula is C15H25N5S. The minimum Gasteiger partial charge on any atom is -0.360 e. The van der Waals surface area contributed by atoms with Crippen molar-refractivity contribution in [2.24, 2.45) is 7.05 Å². The number of anilines is 1. The number of rotatable bonds is 4. The molecular weight excluding hydrogens is 282 g/mol. The van der Waals surface area contributed by atoms with Crippen LogP contribution >= 0.6 is 11.3 Å². The highest BCUT2D eigenvalue weighted by Crippen LogP contribution is 2.34. The van der Waals surface area contributed by atoms with Gasteiger partial charge in [-0.05, 0) is 33.9 Å². The van der Waals surface area contributed by atoms with Gasteiger partial charge in [0.1, 0.15) is 0 Å². The van der Waals surface area contributed by atoms with E-state index in [1.807, 2.05) is 18.7 Å². The minimum atomic E-state index is 0.281. The Morgan fingerprint density at radius 1 is 1.29 bits per heavy atom. The average Bonchev–Trinajstić information content (AvgIpc) is 3.00. The lowest BCUT2D eigenvalue weighted by Crippen LogP contribution is -2.50. The molecule has 0 aromatic carbocycles. The summed E-state index contributed by atoms with van der Waals surface area (Å²) < 4.78 is 3.07. The zero-order chi connectivity index (χ0) is 15.0. The summed E-state index contributed by atoms with van der Waals surface area (Å²) in [5.74, 6) is 0. The van der Waals surface area contributed by atoms with E-state index in [4.69, 9.17) is 4.98 Å². The highest BCUT2D eigenvalue weighted by atomic mass is 32.1. The number of fused-ring (bicyclic) bond motifs is 1. The summed E-state index contributed by atoms with van der Waals surface area (Å²) in [6.45, 7) is 3.03. The molecule has 0 aliphatic heterocycles. The number of aryl methyl sites for hydroxylation is 2. The minimum absolute atomic E-state index is 0.281. The second-order valence-electron chi connectivity index (χ2n) is 6.41. The number of thiazole rings is 1. The first-order valence-corrected chi connectivity index (χ1v) is 8.55. The lowest BCUT2D eigenvalue weighted by atomic mass is 9.80. The van der Waals surface area contributed by atoms with Gasteiger partial charge in [0, 0.05) is 19.1 Å². The summed E-state index contributed by atoms with van der Waals surface area (Å²) in [5, 5.41) is 9.02. The van der Waals surface area contributed by atoms with Crippen molar-refractivity contribution >= 4 is 26.8 Å². The molecule has 0 unspecified atom stereocenters. The van der Waals surface area contributed by atoms with Gasteiger partial charge in [-0.1, -0.05) is 30.6 Å². The van der Waals surface area contributed by atoms with Crippen LogP contribution in [0, 0.1) is 6.92 Å². The van der Waals surface area contributed by atoms with Crippen molar-refractivity contribution in [1.82, 2.24) is 19.7 Å². The molecule has 3 rings (SSSR count). The summed E-state index contributed by atoms with van der Waals surface area (Å²) in [6.07, 6.45) is 6.60.